The normalized spacial score (nSPS) is 0. The summed E-state index contributed by atoms with van der Waals surface area (Å²) in [6.07, 6.45) is 0. The second-order valence-electron chi connectivity index (χ2n) is 0. The van der Waals surface area contributed by atoms with Crippen molar-refractivity contribution in [3.05, 3.63) is 0 Å². The van der Waals surface area contributed by atoms with Crippen molar-refractivity contribution in [1.29, 1.82) is 0 Å². The van der Waals surface area contributed by atoms with Gasteiger partial charge in [0.15, 0.2) is 0 Å². The van der Waals surface area contributed by atoms with Crippen molar-refractivity contribution < 1.29 is 127 Å². The Kier molecular flexibility index (Phi) is 413. The van der Waals surface area contributed by atoms with Crippen LogP contribution >= 0.6 is 0 Å². The molecule has 0 atom stereocenters. The van der Waals surface area contributed by atoms with Gasteiger partial charge in [-0.2, -0.15) is 0 Å². The Morgan fingerprint density at radius 1 is 0.429 bits per heavy atom. The van der Waals surface area contributed by atoms with Gasteiger partial charge in [0.05, 0.1) is 0 Å². The van der Waals surface area contributed by atoms with Gasteiger partial charge in [0.2, 0.25) is 0 Å². The van der Waals surface area contributed by atoms with E-state index < -0.39 is 0 Å². The quantitative estimate of drug-likeness (QED) is 0.257. The third kappa shape index (κ3) is 37.3. The molecule has 0 aliphatic carbocycles. The van der Waals surface area contributed by atoms with E-state index in [4.69, 9.17) is 0 Å². The molecule has 0 unspecified atom stereocenters. The Balaban J connectivity index is 0. The van der Waals surface area contributed by atoms with Gasteiger partial charge in [0.25, 0.3) is 0 Å². The molecule has 0 aliphatic rings. The molecule has 0 aromatic heterocycles. The number of hydrogen-bond donors (Lipinski definition) is 0. The molecular weight excluding hydrogens is 564 g/mol. The van der Waals surface area contributed by atoms with Crippen LogP contribution in [-0.2, 0) is 0 Å². The monoisotopic (exact) mass is 558 g/mol. The van der Waals surface area contributed by atoms with Gasteiger partial charge in [-0.3, -0.25) is 0 Å². The summed E-state index contributed by atoms with van der Waals surface area (Å²) in [5.74, 6) is 0. The molecule has 0 heterocycles. The molecule has 0 bridgehead atoms. The predicted octanol–water partition coefficient (Wildman–Crippen LogP) is -15.4. The summed E-state index contributed by atoms with van der Waals surface area (Å²) in [6.45, 7) is 0. The summed E-state index contributed by atoms with van der Waals surface area (Å²) in [7, 11) is 0. The number of halogens is 5. The minimum Gasteiger partial charge on any atom is -1.00 e. The molecule has 0 spiro atoms. The largest absolute Gasteiger partial charge is 3.00 e. The summed E-state index contributed by atoms with van der Waals surface area (Å²) in [5.41, 5.74) is 0. The average molecular weight is 564 g/mol. The zero-order valence-corrected chi connectivity index (χ0v) is 15.6. The number of hydrogen-bond acceptors (Lipinski definition) is 0. The fraction of sp³-hybridized carbons (Fsp3) is 0. The van der Waals surface area contributed by atoms with E-state index >= 15 is 0 Å². The van der Waals surface area contributed by atoms with E-state index in [1.165, 1.54) is 0 Å². The van der Waals surface area contributed by atoms with Crippen LogP contribution in [0.15, 0.2) is 0 Å². The van der Waals surface area contributed by atoms with Crippen molar-refractivity contribution in [3.63, 3.8) is 0 Å². The molecule has 0 N–H and O–H groups in total. The van der Waals surface area contributed by atoms with Crippen LogP contribution in [-0.4, -0.2) is 23.1 Å². The second kappa shape index (κ2) is 46.5. The van der Waals surface area contributed by atoms with Crippen LogP contribution in [0.5, 0.6) is 0 Å². The SMILES string of the molecule is [Br-].[Br-].[Br-].[Br-].[Br-].[Ce+3].[Mg+2]. The van der Waals surface area contributed by atoms with Crippen LogP contribution in [0, 0.1) is 41.7 Å². The van der Waals surface area contributed by atoms with Crippen LogP contribution in [0.2, 0.25) is 0 Å². The minimum absolute atomic E-state index is 0. The van der Waals surface area contributed by atoms with Crippen LogP contribution in [0.1, 0.15) is 0 Å². The molecule has 0 nitrogen and oxygen atoms in total. The van der Waals surface area contributed by atoms with Crippen molar-refractivity contribution in [2.45, 2.75) is 0 Å². The number of rotatable bonds is 0. The van der Waals surface area contributed by atoms with E-state index in [1.54, 1.807) is 0 Å². The average Bonchev–Trinajstić information content (AvgIpc) is 0. The molecule has 1 radical (unpaired) electrons. The standard InChI is InChI=1S/5BrH.Ce.Mg/h5*1H;;/q;;;;;+3;+2/p-5. The third-order valence-corrected chi connectivity index (χ3v) is 0. The second-order valence-corrected chi connectivity index (χ2v) is 0. The summed E-state index contributed by atoms with van der Waals surface area (Å²) in [6, 6.07) is 0. The first-order valence-electron chi connectivity index (χ1n) is 0. The Morgan fingerprint density at radius 2 is 0.429 bits per heavy atom. The van der Waals surface area contributed by atoms with Crippen molar-refractivity contribution in [3.8, 4) is 0 Å². The van der Waals surface area contributed by atoms with Gasteiger partial charge in [-0.25, -0.2) is 0 Å². The van der Waals surface area contributed by atoms with E-state index in [0.717, 1.165) is 0 Å². The Hall–Kier alpha value is 4.54. The van der Waals surface area contributed by atoms with Gasteiger partial charge in [0.1, 0.15) is 0 Å². The Bertz CT molecular complexity index is 8.04. The van der Waals surface area contributed by atoms with Crippen LogP contribution in [0.4, 0.5) is 0 Å². The Labute approximate surface area is 146 Å². The molecule has 41 valence electrons. The first kappa shape index (κ1) is 62.2. The Morgan fingerprint density at radius 3 is 0.429 bits per heavy atom. The van der Waals surface area contributed by atoms with Crippen LogP contribution in [0.25, 0.3) is 0 Å². The van der Waals surface area contributed by atoms with Crippen molar-refractivity contribution in [2.24, 2.45) is 0 Å². The van der Waals surface area contributed by atoms with Crippen molar-refractivity contribution in [1.82, 2.24) is 0 Å². The fourth-order valence-corrected chi connectivity index (χ4v) is 0. The van der Waals surface area contributed by atoms with Crippen LogP contribution < -0.4 is 84.9 Å². The van der Waals surface area contributed by atoms with E-state index in [0.29, 0.717) is 0 Å². The summed E-state index contributed by atoms with van der Waals surface area (Å²) >= 11 is 0. The molecule has 0 saturated heterocycles. The van der Waals surface area contributed by atoms with Gasteiger partial charge < -0.3 is 84.9 Å². The van der Waals surface area contributed by atoms with Crippen LogP contribution in [0.3, 0.4) is 0 Å². The zero-order chi connectivity index (χ0) is 0. The van der Waals surface area contributed by atoms with Gasteiger partial charge in [-0.1, -0.05) is 0 Å². The molecule has 7 heteroatoms. The molecule has 0 aliphatic heterocycles. The maximum atomic E-state index is 0. The summed E-state index contributed by atoms with van der Waals surface area (Å²) in [5, 5.41) is 0. The van der Waals surface area contributed by atoms with E-state index in [2.05, 4.69) is 0 Å². The summed E-state index contributed by atoms with van der Waals surface area (Å²) in [4.78, 5) is 0. The molecule has 0 aromatic rings. The maximum Gasteiger partial charge on any atom is 3.00 e. The molecular formula is Br5CeMg. The fourth-order valence-electron chi connectivity index (χ4n) is 0. The third-order valence-electron chi connectivity index (χ3n) is 0. The first-order chi connectivity index (χ1) is 0. The smallest absolute Gasteiger partial charge is 1.00 e. The van der Waals surface area contributed by atoms with Crippen molar-refractivity contribution in [2.75, 3.05) is 0 Å². The van der Waals surface area contributed by atoms with E-state index in [-0.39, 0.29) is 150 Å². The molecule has 0 aromatic carbocycles. The summed E-state index contributed by atoms with van der Waals surface area (Å²) < 4.78 is 0. The minimum atomic E-state index is 0. The van der Waals surface area contributed by atoms with E-state index in [9.17, 15) is 0 Å². The molecule has 0 fully saturated rings. The topological polar surface area (TPSA) is 0 Å². The van der Waals surface area contributed by atoms with Gasteiger partial charge in [-0.05, 0) is 0 Å². The predicted molar refractivity (Wildman–Crippen MR) is 5.75 cm³/mol. The van der Waals surface area contributed by atoms with Gasteiger partial charge >= 0.3 is 64.8 Å². The molecule has 0 rings (SSSR count). The molecule has 7 heavy (non-hydrogen) atoms. The van der Waals surface area contributed by atoms with E-state index in [1.807, 2.05) is 0 Å². The molecule has 0 amide bonds. The van der Waals surface area contributed by atoms with Gasteiger partial charge in [-0.15, -0.1) is 0 Å². The zero-order valence-electron chi connectivity index (χ0n) is 3.10. The first-order valence-corrected chi connectivity index (χ1v) is 0. The van der Waals surface area contributed by atoms with Gasteiger partial charge in [0, 0.05) is 0 Å². The van der Waals surface area contributed by atoms with Crippen molar-refractivity contribution >= 4 is 23.1 Å². The maximum absolute atomic E-state index is 0. The molecule has 0 saturated carbocycles.